The van der Waals surface area contributed by atoms with E-state index >= 15 is 0 Å². The van der Waals surface area contributed by atoms with Crippen molar-refractivity contribution in [3.05, 3.63) is 41.8 Å². The van der Waals surface area contributed by atoms with E-state index in [4.69, 9.17) is 5.73 Å². The van der Waals surface area contributed by atoms with Gasteiger partial charge in [0.1, 0.15) is 11.6 Å². The van der Waals surface area contributed by atoms with Crippen LogP contribution >= 0.6 is 0 Å². The first-order valence-corrected chi connectivity index (χ1v) is 11.0. The van der Waals surface area contributed by atoms with Crippen LogP contribution in [0.5, 0.6) is 0 Å². The summed E-state index contributed by atoms with van der Waals surface area (Å²) in [6, 6.07) is 5.87. The monoisotopic (exact) mass is 441 g/mol. The molecule has 9 heteroatoms. The van der Waals surface area contributed by atoms with Crippen molar-refractivity contribution >= 4 is 23.4 Å². The van der Waals surface area contributed by atoms with Crippen LogP contribution in [-0.4, -0.2) is 63.4 Å². The predicted molar refractivity (Wildman–Crippen MR) is 117 cm³/mol. The lowest BCUT2D eigenvalue weighted by atomic mass is 9.88. The normalized spacial score (nSPS) is 18.1. The molecule has 0 unspecified atom stereocenters. The van der Waals surface area contributed by atoms with Gasteiger partial charge in [-0.25, -0.2) is 9.07 Å². The van der Waals surface area contributed by atoms with Gasteiger partial charge >= 0.3 is 0 Å². The summed E-state index contributed by atoms with van der Waals surface area (Å²) in [5, 5.41) is 4.18. The topological polar surface area (TPSA) is 102 Å². The molecule has 1 aromatic carbocycles. The summed E-state index contributed by atoms with van der Waals surface area (Å²) < 4.78 is 14.9. The summed E-state index contributed by atoms with van der Waals surface area (Å²) in [4.78, 5) is 41.1. The highest BCUT2D eigenvalue weighted by Crippen LogP contribution is 2.28. The lowest BCUT2D eigenvalue weighted by Gasteiger charge is -2.36. The average molecular weight is 442 g/mol. The Morgan fingerprint density at radius 2 is 1.62 bits per heavy atom. The van der Waals surface area contributed by atoms with E-state index in [1.807, 2.05) is 4.90 Å². The Morgan fingerprint density at radius 3 is 2.25 bits per heavy atom. The van der Waals surface area contributed by atoms with Crippen LogP contribution in [0.1, 0.15) is 43.0 Å². The van der Waals surface area contributed by atoms with Gasteiger partial charge < -0.3 is 15.5 Å². The van der Waals surface area contributed by atoms with Crippen molar-refractivity contribution in [3.8, 4) is 5.69 Å². The van der Waals surface area contributed by atoms with Gasteiger partial charge in [0.2, 0.25) is 11.8 Å². The number of halogens is 1. The number of nitrogen functional groups attached to an aromatic ring is 1. The molecule has 2 aliphatic rings. The molecule has 0 bridgehead atoms. The van der Waals surface area contributed by atoms with Gasteiger partial charge in [0.05, 0.1) is 17.4 Å². The van der Waals surface area contributed by atoms with Crippen LogP contribution in [0.3, 0.4) is 0 Å². The van der Waals surface area contributed by atoms with E-state index in [0.717, 1.165) is 0 Å². The van der Waals surface area contributed by atoms with E-state index in [1.54, 1.807) is 24.0 Å². The summed E-state index contributed by atoms with van der Waals surface area (Å²) in [5.41, 5.74) is 6.95. The number of carbonyl (C=O) groups is 3. The van der Waals surface area contributed by atoms with E-state index in [9.17, 15) is 18.8 Å². The molecule has 8 nitrogen and oxygen atoms in total. The molecule has 0 spiro atoms. The molecule has 3 heterocycles. The van der Waals surface area contributed by atoms with Crippen molar-refractivity contribution in [2.75, 3.05) is 31.9 Å². The number of hydrogen-bond acceptors (Lipinski definition) is 5. The fourth-order valence-electron chi connectivity index (χ4n) is 4.64. The number of benzene rings is 1. The molecule has 0 saturated carbocycles. The van der Waals surface area contributed by atoms with Crippen LogP contribution in [0.15, 0.2) is 30.5 Å². The fraction of sp³-hybridized carbons (Fsp3) is 0.478. The molecule has 2 fully saturated rings. The quantitative estimate of drug-likeness (QED) is 0.734. The predicted octanol–water partition coefficient (Wildman–Crippen LogP) is 2.27. The minimum absolute atomic E-state index is 0.0511. The summed E-state index contributed by atoms with van der Waals surface area (Å²) in [5.74, 6) is -0.422. The van der Waals surface area contributed by atoms with Crippen molar-refractivity contribution in [1.29, 1.82) is 0 Å². The number of hydrogen-bond donors (Lipinski definition) is 1. The highest BCUT2D eigenvalue weighted by atomic mass is 19.1. The van der Waals surface area contributed by atoms with Crippen molar-refractivity contribution in [3.63, 3.8) is 0 Å². The number of piperidine rings is 2. The van der Waals surface area contributed by atoms with Gasteiger partial charge in [-0.2, -0.15) is 5.10 Å². The van der Waals surface area contributed by atoms with E-state index in [1.165, 1.54) is 23.0 Å². The second kappa shape index (κ2) is 9.10. The van der Waals surface area contributed by atoms with Crippen LogP contribution in [0.2, 0.25) is 0 Å². The lowest BCUT2D eigenvalue weighted by molar-refractivity contribution is -0.141. The molecule has 0 aliphatic carbocycles. The summed E-state index contributed by atoms with van der Waals surface area (Å²) in [6.07, 6.45) is 3.95. The van der Waals surface area contributed by atoms with Crippen LogP contribution in [0.4, 0.5) is 10.2 Å². The molecule has 32 heavy (non-hydrogen) atoms. The summed E-state index contributed by atoms with van der Waals surface area (Å²) >= 11 is 0. The highest BCUT2D eigenvalue weighted by molar-refractivity contribution is 6.01. The highest BCUT2D eigenvalue weighted by Gasteiger charge is 2.34. The van der Waals surface area contributed by atoms with Crippen molar-refractivity contribution in [2.24, 2.45) is 11.8 Å². The molecular weight excluding hydrogens is 413 g/mol. The number of likely N-dealkylation sites (tertiary alicyclic amines) is 2. The Bertz CT molecular complexity index is 1020. The Kier molecular flexibility index (Phi) is 6.25. The Labute approximate surface area is 186 Å². The molecule has 0 radical (unpaired) electrons. The molecule has 2 saturated heterocycles. The first kappa shape index (κ1) is 22.0. The zero-order valence-corrected chi connectivity index (χ0v) is 18.2. The molecule has 0 atom stereocenters. The second-order valence-electron chi connectivity index (χ2n) is 8.58. The van der Waals surface area contributed by atoms with Gasteiger partial charge in [0.25, 0.3) is 0 Å². The third-order valence-electron chi connectivity index (χ3n) is 6.59. The van der Waals surface area contributed by atoms with Gasteiger partial charge in [-0.05, 0) is 43.9 Å². The molecule has 170 valence electrons. The maximum absolute atomic E-state index is 13.5. The Morgan fingerprint density at radius 1 is 1.00 bits per heavy atom. The first-order valence-electron chi connectivity index (χ1n) is 11.0. The van der Waals surface area contributed by atoms with Crippen LogP contribution < -0.4 is 5.73 Å². The SMILES string of the molecule is CC(=O)N1CCC(C(=O)N2CCC(C(=O)c3cnn(-c4cccc(F)c4)c3N)CC2)CC1. The largest absolute Gasteiger partial charge is 0.383 e. The average Bonchev–Trinajstić information content (AvgIpc) is 3.19. The minimum Gasteiger partial charge on any atom is -0.383 e. The number of Topliss-reactive ketones (excluding diaryl/α,β-unsaturated/α-hetero) is 1. The molecule has 2 amide bonds. The van der Waals surface area contributed by atoms with Crippen molar-refractivity contribution < 1.29 is 18.8 Å². The fourth-order valence-corrected chi connectivity index (χ4v) is 4.64. The third kappa shape index (κ3) is 4.37. The van der Waals surface area contributed by atoms with Gasteiger partial charge in [-0.3, -0.25) is 14.4 Å². The van der Waals surface area contributed by atoms with Crippen molar-refractivity contribution in [1.82, 2.24) is 19.6 Å². The van der Waals surface area contributed by atoms with Gasteiger partial charge in [-0.1, -0.05) is 6.07 Å². The molecule has 2 aromatic rings. The van der Waals surface area contributed by atoms with Crippen LogP contribution in [0, 0.1) is 17.7 Å². The number of aromatic nitrogens is 2. The van der Waals surface area contributed by atoms with Crippen LogP contribution in [-0.2, 0) is 9.59 Å². The smallest absolute Gasteiger partial charge is 0.225 e. The molecule has 2 N–H and O–H groups in total. The third-order valence-corrected chi connectivity index (χ3v) is 6.59. The Balaban J connectivity index is 1.35. The maximum Gasteiger partial charge on any atom is 0.225 e. The maximum atomic E-state index is 13.5. The Hall–Kier alpha value is -3.23. The zero-order chi connectivity index (χ0) is 22.8. The molecule has 2 aliphatic heterocycles. The van der Waals surface area contributed by atoms with E-state index in [2.05, 4.69) is 5.10 Å². The summed E-state index contributed by atoms with van der Waals surface area (Å²) in [7, 11) is 0. The lowest BCUT2D eigenvalue weighted by Crippen LogP contribution is -2.46. The zero-order valence-electron chi connectivity index (χ0n) is 18.2. The molecular formula is C23H28FN5O3. The number of anilines is 1. The van der Waals surface area contributed by atoms with E-state index in [-0.39, 0.29) is 35.3 Å². The molecule has 1 aromatic heterocycles. The standard InChI is InChI=1S/C23H28FN5O3/c1-15(30)27-9-7-17(8-10-27)23(32)28-11-5-16(6-12-28)21(31)20-14-26-29(22(20)25)19-4-2-3-18(24)13-19/h2-4,13-14,16-17H,5-12,25H2,1H3. The van der Waals surface area contributed by atoms with Gasteiger partial charge in [-0.15, -0.1) is 0 Å². The number of amides is 2. The number of nitrogens with two attached hydrogens (primary N) is 1. The summed E-state index contributed by atoms with van der Waals surface area (Å²) in [6.45, 7) is 3.85. The van der Waals surface area contributed by atoms with Gasteiger partial charge in [0.15, 0.2) is 5.78 Å². The number of carbonyl (C=O) groups excluding carboxylic acids is 3. The second-order valence-corrected chi connectivity index (χ2v) is 8.58. The number of nitrogens with zero attached hydrogens (tertiary/aromatic N) is 4. The van der Waals surface area contributed by atoms with Crippen molar-refractivity contribution in [2.45, 2.75) is 32.6 Å². The number of rotatable bonds is 4. The number of ketones is 1. The van der Waals surface area contributed by atoms with E-state index < -0.39 is 5.82 Å². The van der Waals surface area contributed by atoms with Crippen LogP contribution in [0.25, 0.3) is 5.69 Å². The first-order chi connectivity index (χ1) is 15.3. The molecule has 4 rings (SSSR count). The van der Waals surface area contributed by atoms with E-state index in [0.29, 0.717) is 63.1 Å². The minimum atomic E-state index is -0.408. The van der Waals surface area contributed by atoms with Gasteiger partial charge in [0, 0.05) is 44.9 Å².